The maximum Gasteiger partial charge on any atom is 0.184 e. The molecule has 1 aromatic carbocycles. The van der Waals surface area contributed by atoms with E-state index in [1.807, 2.05) is 7.05 Å². The van der Waals surface area contributed by atoms with E-state index in [2.05, 4.69) is 5.32 Å². The highest BCUT2D eigenvalue weighted by atomic mass is 35.5. The average molecular weight is 316 g/mol. The predicted octanol–water partition coefficient (Wildman–Crippen LogP) is 3.42. The Balaban J connectivity index is 2.36. The zero-order valence-corrected chi connectivity index (χ0v) is 13.4. The monoisotopic (exact) mass is 315 g/mol. The molecule has 0 radical (unpaired) electrons. The molecule has 2 atom stereocenters. The van der Waals surface area contributed by atoms with Crippen LogP contribution in [-0.4, -0.2) is 26.8 Å². The molecule has 1 aliphatic rings. The number of benzene rings is 1. The van der Waals surface area contributed by atoms with Crippen LogP contribution in [0.15, 0.2) is 29.2 Å². The van der Waals surface area contributed by atoms with E-state index in [-0.39, 0.29) is 16.2 Å². The van der Waals surface area contributed by atoms with Gasteiger partial charge in [-0.15, -0.1) is 0 Å². The number of nitrogens with one attached hydrogen (secondary N) is 1. The molecule has 1 aromatic rings. The van der Waals surface area contributed by atoms with Gasteiger partial charge in [0.05, 0.1) is 15.2 Å². The van der Waals surface area contributed by atoms with Crippen LogP contribution >= 0.6 is 11.6 Å². The van der Waals surface area contributed by atoms with Crippen LogP contribution in [0, 0.1) is 0 Å². The summed E-state index contributed by atoms with van der Waals surface area (Å²) in [6.07, 6.45) is 5.97. The lowest BCUT2D eigenvalue weighted by Crippen LogP contribution is -2.43. The second kappa shape index (κ2) is 6.92. The normalized spacial score (nSPS) is 24.9. The minimum Gasteiger partial charge on any atom is -0.316 e. The lowest BCUT2D eigenvalue weighted by Gasteiger charge is -2.29. The standard InChI is InChI=1S/C15H22ClNO2S/c1-17-13-9-4-2-3-5-11-15(13)20(18,19)14-10-7-6-8-12(14)16/h6-8,10,13,15,17H,2-5,9,11H2,1H3. The van der Waals surface area contributed by atoms with Crippen LogP contribution in [0.5, 0.6) is 0 Å². The maximum absolute atomic E-state index is 12.9. The summed E-state index contributed by atoms with van der Waals surface area (Å²) in [4.78, 5) is 0.271. The molecule has 1 N–H and O–H groups in total. The summed E-state index contributed by atoms with van der Waals surface area (Å²) in [7, 11) is -1.54. The van der Waals surface area contributed by atoms with Crippen molar-refractivity contribution in [3.05, 3.63) is 29.3 Å². The Morgan fingerprint density at radius 3 is 2.40 bits per heavy atom. The van der Waals surface area contributed by atoms with E-state index >= 15 is 0 Å². The van der Waals surface area contributed by atoms with Gasteiger partial charge in [-0.25, -0.2) is 8.42 Å². The molecule has 2 rings (SSSR count). The molecule has 0 aliphatic heterocycles. The Kier molecular flexibility index (Phi) is 5.47. The van der Waals surface area contributed by atoms with Crippen LogP contribution in [0.4, 0.5) is 0 Å². The van der Waals surface area contributed by atoms with Crippen LogP contribution in [0.3, 0.4) is 0 Å². The van der Waals surface area contributed by atoms with Crippen LogP contribution in [0.1, 0.15) is 38.5 Å². The average Bonchev–Trinajstić information content (AvgIpc) is 2.38. The first-order chi connectivity index (χ1) is 9.57. The van der Waals surface area contributed by atoms with E-state index < -0.39 is 9.84 Å². The van der Waals surface area contributed by atoms with Crippen molar-refractivity contribution in [3.63, 3.8) is 0 Å². The molecule has 1 fully saturated rings. The summed E-state index contributed by atoms with van der Waals surface area (Å²) >= 11 is 6.09. The molecular weight excluding hydrogens is 294 g/mol. The van der Waals surface area contributed by atoms with Crippen molar-refractivity contribution in [3.8, 4) is 0 Å². The fourth-order valence-electron chi connectivity index (χ4n) is 2.99. The summed E-state index contributed by atoms with van der Waals surface area (Å²) < 4.78 is 25.8. The summed E-state index contributed by atoms with van der Waals surface area (Å²) in [5.41, 5.74) is 0. The molecular formula is C15H22ClNO2S. The molecule has 2 unspecified atom stereocenters. The van der Waals surface area contributed by atoms with Gasteiger partial charge in [0, 0.05) is 6.04 Å². The number of hydrogen-bond acceptors (Lipinski definition) is 3. The molecule has 0 saturated heterocycles. The highest BCUT2D eigenvalue weighted by Gasteiger charge is 2.35. The summed E-state index contributed by atoms with van der Waals surface area (Å²) in [6, 6.07) is 6.76. The summed E-state index contributed by atoms with van der Waals surface area (Å²) in [5, 5.41) is 3.14. The Bertz CT molecular complexity index is 545. The van der Waals surface area contributed by atoms with E-state index in [0.717, 1.165) is 25.7 Å². The summed E-state index contributed by atoms with van der Waals surface area (Å²) in [5.74, 6) is 0. The van der Waals surface area contributed by atoms with Crippen LogP contribution < -0.4 is 5.32 Å². The molecule has 0 heterocycles. The Hall–Kier alpha value is -0.580. The third kappa shape index (κ3) is 3.35. The summed E-state index contributed by atoms with van der Waals surface area (Å²) in [6.45, 7) is 0. The van der Waals surface area contributed by atoms with Gasteiger partial charge in [-0.2, -0.15) is 0 Å². The van der Waals surface area contributed by atoms with Gasteiger partial charge in [-0.1, -0.05) is 49.4 Å². The van der Waals surface area contributed by atoms with Gasteiger partial charge in [0.2, 0.25) is 0 Å². The zero-order chi connectivity index (χ0) is 14.6. The first-order valence-corrected chi connectivity index (χ1v) is 9.15. The van der Waals surface area contributed by atoms with Crippen molar-refractivity contribution in [2.75, 3.05) is 7.05 Å². The molecule has 112 valence electrons. The molecule has 0 amide bonds. The first kappa shape index (κ1) is 15.8. The van der Waals surface area contributed by atoms with E-state index in [1.165, 1.54) is 6.42 Å². The SMILES string of the molecule is CNC1CCCCCCC1S(=O)(=O)c1ccccc1Cl. The van der Waals surface area contributed by atoms with E-state index in [9.17, 15) is 8.42 Å². The van der Waals surface area contributed by atoms with Gasteiger partial charge >= 0.3 is 0 Å². The highest BCUT2D eigenvalue weighted by molar-refractivity contribution is 7.92. The van der Waals surface area contributed by atoms with Gasteiger partial charge in [-0.05, 0) is 32.0 Å². The fraction of sp³-hybridized carbons (Fsp3) is 0.600. The van der Waals surface area contributed by atoms with Crippen molar-refractivity contribution in [2.24, 2.45) is 0 Å². The quantitative estimate of drug-likeness (QED) is 0.929. The molecule has 0 bridgehead atoms. The van der Waals surface area contributed by atoms with E-state index in [4.69, 9.17) is 11.6 Å². The minimum atomic E-state index is -3.39. The molecule has 1 saturated carbocycles. The van der Waals surface area contributed by atoms with E-state index in [1.54, 1.807) is 24.3 Å². The Labute approximate surface area is 126 Å². The maximum atomic E-state index is 12.9. The number of halogens is 1. The van der Waals surface area contributed by atoms with Gasteiger partial charge in [0.15, 0.2) is 9.84 Å². The van der Waals surface area contributed by atoms with Crippen molar-refractivity contribution in [2.45, 2.75) is 54.7 Å². The van der Waals surface area contributed by atoms with Gasteiger partial charge < -0.3 is 5.32 Å². The second-order valence-electron chi connectivity index (χ2n) is 5.40. The lowest BCUT2D eigenvalue weighted by molar-refractivity contribution is 0.405. The smallest absolute Gasteiger partial charge is 0.184 e. The number of hydrogen-bond donors (Lipinski definition) is 1. The Morgan fingerprint density at radius 1 is 1.10 bits per heavy atom. The van der Waals surface area contributed by atoms with Gasteiger partial charge in [0.25, 0.3) is 0 Å². The van der Waals surface area contributed by atoms with Crippen molar-refractivity contribution in [1.82, 2.24) is 5.32 Å². The topological polar surface area (TPSA) is 46.2 Å². The fourth-order valence-corrected chi connectivity index (χ4v) is 5.56. The van der Waals surface area contributed by atoms with Crippen LogP contribution in [0.25, 0.3) is 0 Å². The van der Waals surface area contributed by atoms with Crippen molar-refractivity contribution >= 4 is 21.4 Å². The van der Waals surface area contributed by atoms with Crippen molar-refractivity contribution in [1.29, 1.82) is 0 Å². The predicted molar refractivity (Wildman–Crippen MR) is 83.0 cm³/mol. The molecule has 20 heavy (non-hydrogen) atoms. The van der Waals surface area contributed by atoms with Gasteiger partial charge in [0.1, 0.15) is 0 Å². The zero-order valence-electron chi connectivity index (χ0n) is 11.8. The second-order valence-corrected chi connectivity index (χ2v) is 7.94. The molecule has 1 aliphatic carbocycles. The lowest BCUT2D eigenvalue weighted by atomic mass is 9.96. The highest BCUT2D eigenvalue weighted by Crippen LogP contribution is 2.31. The Morgan fingerprint density at radius 2 is 1.75 bits per heavy atom. The molecule has 5 heteroatoms. The third-order valence-electron chi connectivity index (χ3n) is 4.12. The molecule has 0 aromatic heterocycles. The van der Waals surface area contributed by atoms with Gasteiger partial charge in [-0.3, -0.25) is 0 Å². The minimum absolute atomic E-state index is 0.0107. The van der Waals surface area contributed by atoms with Crippen molar-refractivity contribution < 1.29 is 8.42 Å². The van der Waals surface area contributed by atoms with Crippen LogP contribution in [-0.2, 0) is 9.84 Å². The molecule has 3 nitrogen and oxygen atoms in total. The number of sulfone groups is 1. The molecule has 0 spiro atoms. The van der Waals surface area contributed by atoms with Crippen LogP contribution in [0.2, 0.25) is 5.02 Å². The largest absolute Gasteiger partial charge is 0.316 e. The van der Waals surface area contributed by atoms with E-state index in [0.29, 0.717) is 11.4 Å². The first-order valence-electron chi connectivity index (χ1n) is 7.23. The third-order valence-corrected chi connectivity index (χ3v) is 6.89. The number of rotatable bonds is 3.